The van der Waals surface area contributed by atoms with Gasteiger partial charge in [-0.3, -0.25) is 4.79 Å². The second-order valence-corrected chi connectivity index (χ2v) is 5.26. The molecule has 1 aromatic carbocycles. The third-order valence-electron chi connectivity index (χ3n) is 3.57. The molecule has 0 aromatic heterocycles. The van der Waals surface area contributed by atoms with Crippen LogP contribution in [0.15, 0.2) is 24.3 Å². The predicted octanol–water partition coefficient (Wildman–Crippen LogP) is 2.11. The van der Waals surface area contributed by atoms with Gasteiger partial charge < -0.3 is 20.5 Å². The molecule has 1 aliphatic heterocycles. The van der Waals surface area contributed by atoms with Crippen molar-refractivity contribution in [2.75, 3.05) is 25.5 Å². The third-order valence-corrected chi connectivity index (χ3v) is 3.57. The summed E-state index contributed by atoms with van der Waals surface area (Å²) in [6.45, 7) is 1.85. The first kappa shape index (κ1) is 15.6. The van der Waals surface area contributed by atoms with Crippen molar-refractivity contribution in [3.8, 4) is 5.75 Å². The van der Waals surface area contributed by atoms with Gasteiger partial charge in [-0.1, -0.05) is 12.1 Å². The summed E-state index contributed by atoms with van der Waals surface area (Å²) in [5.41, 5.74) is 6.35. The molecule has 1 saturated heterocycles. The molecule has 2 rings (SSSR count). The van der Waals surface area contributed by atoms with E-state index in [1.165, 1.54) is 6.42 Å². The molecule has 0 bridgehead atoms. The fraction of sp³-hybridized carbons (Fsp3) is 0.562. The molecule has 1 fully saturated rings. The molecule has 1 atom stereocenters. The minimum Gasteiger partial charge on any atom is -0.491 e. The number of carbonyl (C=O) groups excluding carboxylic acids is 1. The lowest BCUT2D eigenvalue weighted by atomic mass is 10.1. The quantitative estimate of drug-likeness (QED) is 0.755. The average Bonchev–Trinajstić information content (AvgIpc) is 2.50. The molecule has 1 unspecified atom stereocenters. The number of amides is 1. The maximum Gasteiger partial charge on any atom is 0.223 e. The molecule has 0 saturated carbocycles. The Bertz CT molecular complexity index is 445. The Balaban J connectivity index is 1.56. The van der Waals surface area contributed by atoms with E-state index in [1.54, 1.807) is 12.1 Å². The van der Waals surface area contributed by atoms with Gasteiger partial charge in [0.25, 0.3) is 0 Å². The van der Waals surface area contributed by atoms with Gasteiger partial charge in [0.1, 0.15) is 5.75 Å². The summed E-state index contributed by atoms with van der Waals surface area (Å²) in [6.07, 6.45) is 5.01. The zero-order valence-corrected chi connectivity index (χ0v) is 12.3. The topological polar surface area (TPSA) is 73.6 Å². The summed E-state index contributed by atoms with van der Waals surface area (Å²) < 4.78 is 11.1. The van der Waals surface area contributed by atoms with Gasteiger partial charge in [-0.2, -0.15) is 0 Å². The molecule has 5 nitrogen and oxygen atoms in total. The molecular weight excluding hydrogens is 268 g/mol. The molecule has 5 heteroatoms. The van der Waals surface area contributed by atoms with Crippen molar-refractivity contribution < 1.29 is 14.3 Å². The highest BCUT2D eigenvalue weighted by molar-refractivity contribution is 5.76. The second-order valence-electron chi connectivity index (χ2n) is 5.26. The van der Waals surface area contributed by atoms with Crippen molar-refractivity contribution in [3.05, 3.63) is 24.3 Å². The summed E-state index contributed by atoms with van der Waals surface area (Å²) in [7, 11) is 0. The van der Waals surface area contributed by atoms with Crippen LogP contribution in [0.5, 0.6) is 5.75 Å². The monoisotopic (exact) mass is 292 g/mol. The number of nitrogens with one attached hydrogen (secondary N) is 1. The van der Waals surface area contributed by atoms with E-state index in [4.69, 9.17) is 15.2 Å². The molecule has 1 aromatic rings. The Morgan fingerprint density at radius 2 is 2.24 bits per heavy atom. The van der Waals surface area contributed by atoms with Crippen molar-refractivity contribution >= 4 is 11.6 Å². The van der Waals surface area contributed by atoms with Gasteiger partial charge in [-0.15, -0.1) is 0 Å². The van der Waals surface area contributed by atoms with Gasteiger partial charge >= 0.3 is 0 Å². The van der Waals surface area contributed by atoms with Gasteiger partial charge in [0.2, 0.25) is 5.91 Å². The first-order chi connectivity index (χ1) is 10.3. The number of ether oxygens (including phenoxy) is 2. The van der Waals surface area contributed by atoms with Crippen LogP contribution in [0.2, 0.25) is 0 Å². The molecule has 3 N–H and O–H groups in total. The molecule has 1 aliphatic rings. The Hall–Kier alpha value is -1.75. The zero-order chi connectivity index (χ0) is 14.9. The van der Waals surface area contributed by atoms with Crippen molar-refractivity contribution in [1.82, 2.24) is 5.32 Å². The van der Waals surface area contributed by atoms with E-state index in [0.29, 0.717) is 37.1 Å². The number of para-hydroxylation sites is 2. The van der Waals surface area contributed by atoms with Gasteiger partial charge in [0, 0.05) is 13.2 Å². The van der Waals surface area contributed by atoms with E-state index in [2.05, 4.69) is 5.32 Å². The smallest absolute Gasteiger partial charge is 0.223 e. The molecular formula is C16H24N2O3. The molecule has 0 spiro atoms. The fourth-order valence-electron chi connectivity index (χ4n) is 2.36. The van der Waals surface area contributed by atoms with Crippen molar-refractivity contribution in [2.45, 2.75) is 38.2 Å². The Kier molecular flexibility index (Phi) is 6.34. The van der Waals surface area contributed by atoms with Crippen LogP contribution >= 0.6 is 0 Å². The van der Waals surface area contributed by atoms with Gasteiger partial charge in [-0.05, 0) is 37.8 Å². The third kappa shape index (κ3) is 5.63. The van der Waals surface area contributed by atoms with E-state index in [1.807, 2.05) is 12.1 Å². The van der Waals surface area contributed by atoms with E-state index in [0.717, 1.165) is 25.9 Å². The number of anilines is 1. The maximum absolute atomic E-state index is 11.7. The molecule has 21 heavy (non-hydrogen) atoms. The van der Waals surface area contributed by atoms with Crippen LogP contribution in [0.1, 0.15) is 32.1 Å². The van der Waals surface area contributed by atoms with E-state index >= 15 is 0 Å². The molecule has 116 valence electrons. The number of benzene rings is 1. The maximum atomic E-state index is 11.7. The van der Waals surface area contributed by atoms with Gasteiger partial charge in [0.05, 0.1) is 24.8 Å². The lowest BCUT2D eigenvalue weighted by Crippen LogP contribution is -2.30. The molecule has 0 radical (unpaired) electrons. The van der Waals surface area contributed by atoms with Crippen LogP contribution in [0, 0.1) is 0 Å². The summed E-state index contributed by atoms with van der Waals surface area (Å²) in [5, 5.41) is 2.90. The van der Waals surface area contributed by atoms with E-state index in [9.17, 15) is 4.79 Å². The minimum absolute atomic E-state index is 0.000289. The van der Waals surface area contributed by atoms with Crippen LogP contribution in [0.3, 0.4) is 0 Å². The number of nitrogen functional groups attached to an aromatic ring is 1. The van der Waals surface area contributed by atoms with Gasteiger partial charge in [0.15, 0.2) is 0 Å². The first-order valence-electron chi connectivity index (χ1n) is 7.61. The summed E-state index contributed by atoms with van der Waals surface area (Å²) in [5.74, 6) is 0.626. The lowest BCUT2D eigenvalue weighted by Gasteiger charge is -2.22. The van der Waals surface area contributed by atoms with Crippen molar-refractivity contribution in [1.29, 1.82) is 0 Å². The Morgan fingerprint density at radius 3 is 3.00 bits per heavy atom. The summed E-state index contributed by atoms with van der Waals surface area (Å²) >= 11 is 0. The van der Waals surface area contributed by atoms with Crippen molar-refractivity contribution in [3.63, 3.8) is 0 Å². The van der Waals surface area contributed by atoms with Gasteiger partial charge in [-0.25, -0.2) is 0 Å². The van der Waals surface area contributed by atoms with Crippen LogP contribution in [0.4, 0.5) is 5.69 Å². The highest BCUT2D eigenvalue weighted by Gasteiger charge is 2.13. The van der Waals surface area contributed by atoms with Crippen LogP contribution in [-0.2, 0) is 9.53 Å². The molecule has 1 amide bonds. The Morgan fingerprint density at radius 1 is 1.38 bits per heavy atom. The molecule has 1 heterocycles. The van der Waals surface area contributed by atoms with E-state index in [-0.39, 0.29) is 5.91 Å². The van der Waals surface area contributed by atoms with Crippen LogP contribution < -0.4 is 15.8 Å². The number of nitrogens with two attached hydrogens (primary N) is 1. The highest BCUT2D eigenvalue weighted by Crippen LogP contribution is 2.19. The predicted molar refractivity (Wildman–Crippen MR) is 82.2 cm³/mol. The minimum atomic E-state index is 0.000289. The lowest BCUT2D eigenvalue weighted by molar-refractivity contribution is -0.121. The van der Waals surface area contributed by atoms with E-state index < -0.39 is 0 Å². The number of rotatable bonds is 7. The fourth-order valence-corrected chi connectivity index (χ4v) is 2.36. The summed E-state index contributed by atoms with van der Waals surface area (Å²) in [6, 6.07) is 7.28. The summed E-state index contributed by atoms with van der Waals surface area (Å²) in [4.78, 5) is 11.7. The van der Waals surface area contributed by atoms with Crippen LogP contribution in [0.25, 0.3) is 0 Å². The SMILES string of the molecule is Nc1ccccc1OCCC(=O)NCCC1CCCCO1. The first-order valence-corrected chi connectivity index (χ1v) is 7.61. The molecule has 0 aliphatic carbocycles. The number of hydrogen-bond acceptors (Lipinski definition) is 4. The van der Waals surface area contributed by atoms with Crippen LogP contribution in [-0.4, -0.2) is 31.8 Å². The average molecular weight is 292 g/mol. The largest absolute Gasteiger partial charge is 0.491 e. The second kappa shape index (κ2) is 8.52. The Labute approximate surface area is 125 Å². The number of hydrogen-bond donors (Lipinski definition) is 2. The zero-order valence-electron chi connectivity index (χ0n) is 12.3. The normalized spacial score (nSPS) is 18.2. The highest BCUT2D eigenvalue weighted by atomic mass is 16.5. The number of carbonyl (C=O) groups is 1. The van der Waals surface area contributed by atoms with Crippen molar-refractivity contribution in [2.24, 2.45) is 0 Å². The standard InChI is InChI=1S/C16H24N2O3/c17-14-6-1-2-7-15(14)21-12-9-16(19)18-10-8-13-5-3-4-11-20-13/h1-2,6-7,13H,3-5,8-12,17H2,(H,18,19).